The van der Waals surface area contributed by atoms with Gasteiger partial charge < -0.3 is 5.73 Å². The van der Waals surface area contributed by atoms with Crippen LogP contribution in [0.4, 0.5) is 4.39 Å². The Morgan fingerprint density at radius 3 is 2.56 bits per heavy atom. The van der Waals surface area contributed by atoms with Crippen LogP contribution in [0.5, 0.6) is 0 Å². The van der Waals surface area contributed by atoms with Crippen molar-refractivity contribution in [3.05, 3.63) is 57.9 Å². The van der Waals surface area contributed by atoms with E-state index in [2.05, 4.69) is 0 Å². The summed E-state index contributed by atoms with van der Waals surface area (Å²) in [4.78, 5) is 0. The molecule has 0 aromatic heterocycles. The SMILES string of the molecule is NC1(c2ccccc2F)C=CC(Cl)=C(Cl)C1. The maximum atomic E-state index is 13.6. The van der Waals surface area contributed by atoms with Crippen LogP contribution in [0.3, 0.4) is 0 Å². The molecule has 1 aliphatic carbocycles. The lowest BCUT2D eigenvalue weighted by Crippen LogP contribution is -2.36. The summed E-state index contributed by atoms with van der Waals surface area (Å²) in [5.41, 5.74) is 5.64. The highest BCUT2D eigenvalue weighted by Gasteiger charge is 2.31. The highest BCUT2D eigenvalue weighted by molar-refractivity contribution is 6.40. The average Bonchev–Trinajstić information content (AvgIpc) is 2.25. The quantitative estimate of drug-likeness (QED) is 0.817. The molecule has 0 bridgehead atoms. The molecule has 1 atom stereocenters. The van der Waals surface area contributed by atoms with Gasteiger partial charge in [0.1, 0.15) is 5.82 Å². The minimum absolute atomic E-state index is 0.310. The second kappa shape index (κ2) is 4.21. The zero-order chi connectivity index (χ0) is 11.8. The highest BCUT2D eigenvalue weighted by atomic mass is 35.5. The minimum Gasteiger partial charge on any atom is -0.318 e. The van der Waals surface area contributed by atoms with Crippen LogP contribution >= 0.6 is 23.2 Å². The zero-order valence-electron chi connectivity index (χ0n) is 8.38. The third kappa shape index (κ3) is 2.01. The standard InChI is InChI=1S/C12H10Cl2FN/c13-9-5-6-12(16,7-10(9)14)8-3-1-2-4-11(8)15/h1-6H,7,16H2. The number of nitrogens with two attached hydrogens (primary N) is 1. The van der Waals surface area contributed by atoms with Crippen molar-refractivity contribution < 1.29 is 4.39 Å². The number of allylic oxidation sites excluding steroid dienone is 2. The molecule has 0 fully saturated rings. The number of benzene rings is 1. The Hall–Kier alpha value is -0.830. The molecule has 0 radical (unpaired) electrons. The van der Waals surface area contributed by atoms with Crippen molar-refractivity contribution >= 4 is 23.2 Å². The Kier molecular flexibility index (Phi) is 3.06. The summed E-state index contributed by atoms with van der Waals surface area (Å²) in [6.45, 7) is 0. The fraction of sp³-hybridized carbons (Fsp3) is 0.167. The Labute approximate surface area is 103 Å². The van der Waals surface area contributed by atoms with Crippen LogP contribution < -0.4 is 5.73 Å². The number of rotatable bonds is 1. The first-order chi connectivity index (χ1) is 7.53. The van der Waals surface area contributed by atoms with Crippen LogP contribution in [0, 0.1) is 5.82 Å². The summed E-state index contributed by atoms with van der Waals surface area (Å²) in [5, 5.41) is 0.911. The van der Waals surface area contributed by atoms with Gasteiger partial charge in [0, 0.05) is 17.0 Å². The third-order valence-electron chi connectivity index (χ3n) is 2.61. The zero-order valence-corrected chi connectivity index (χ0v) is 9.89. The van der Waals surface area contributed by atoms with Gasteiger partial charge in [0.05, 0.1) is 10.6 Å². The van der Waals surface area contributed by atoms with Gasteiger partial charge >= 0.3 is 0 Å². The predicted octanol–water partition coefficient (Wildman–Crippen LogP) is 3.63. The van der Waals surface area contributed by atoms with Crippen molar-refractivity contribution in [1.29, 1.82) is 0 Å². The fourth-order valence-electron chi connectivity index (χ4n) is 1.74. The van der Waals surface area contributed by atoms with Crippen molar-refractivity contribution in [1.82, 2.24) is 0 Å². The molecular weight excluding hydrogens is 248 g/mol. The van der Waals surface area contributed by atoms with E-state index in [0.29, 0.717) is 22.0 Å². The molecule has 1 aromatic rings. The Morgan fingerprint density at radius 2 is 1.94 bits per heavy atom. The number of hydrogen-bond acceptors (Lipinski definition) is 1. The van der Waals surface area contributed by atoms with Gasteiger partial charge in [-0.25, -0.2) is 4.39 Å². The second-order valence-electron chi connectivity index (χ2n) is 3.78. The molecule has 1 aromatic carbocycles. The van der Waals surface area contributed by atoms with Crippen LogP contribution in [0.1, 0.15) is 12.0 Å². The maximum Gasteiger partial charge on any atom is 0.128 e. The summed E-state index contributed by atoms with van der Waals surface area (Å²) in [6.07, 6.45) is 3.60. The molecule has 0 aliphatic heterocycles. The predicted molar refractivity (Wildman–Crippen MR) is 64.8 cm³/mol. The van der Waals surface area contributed by atoms with Crippen molar-refractivity contribution in [3.8, 4) is 0 Å². The summed E-state index contributed by atoms with van der Waals surface area (Å²) in [6, 6.07) is 6.41. The monoisotopic (exact) mass is 257 g/mol. The number of halogens is 3. The van der Waals surface area contributed by atoms with Crippen LogP contribution in [-0.4, -0.2) is 0 Å². The van der Waals surface area contributed by atoms with Crippen LogP contribution in [0.25, 0.3) is 0 Å². The van der Waals surface area contributed by atoms with Gasteiger partial charge in [-0.05, 0) is 12.1 Å². The van der Waals surface area contributed by atoms with E-state index < -0.39 is 5.54 Å². The van der Waals surface area contributed by atoms with Gasteiger partial charge in [-0.1, -0.05) is 47.5 Å². The molecule has 0 saturated carbocycles. The van der Waals surface area contributed by atoms with Gasteiger partial charge in [0.2, 0.25) is 0 Å². The first-order valence-corrected chi connectivity index (χ1v) is 5.56. The molecule has 2 rings (SSSR count). The van der Waals surface area contributed by atoms with Gasteiger partial charge in [-0.2, -0.15) is 0 Å². The van der Waals surface area contributed by atoms with Crippen molar-refractivity contribution in [2.45, 2.75) is 12.0 Å². The maximum absolute atomic E-state index is 13.6. The Balaban J connectivity index is 2.44. The van der Waals surface area contributed by atoms with Gasteiger partial charge in [0.25, 0.3) is 0 Å². The van der Waals surface area contributed by atoms with Crippen LogP contribution in [0.15, 0.2) is 46.5 Å². The van der Waals surface area contributed by atoms with E-state index in [4.69, 9.17) is 28.9 Å². The molecule has 1 aliphatic rings. The molecule has 0 saturated heterocycles. The molecule has 1 unspecified atom stereocenters. The van der Waals surface area contributed by atoms with Gasteiger partial charge in [-0.15, -0.1) is 0 Å². The third-order valence-corrected chi connectivity index (χ3v) is 3.40. The smallest absolute Gasteiger partial charge is 0.128 e. The Morgan fingerprint density at radius 1 is 1.25 bits per heavy atom. The Bertz CT molecular complexity index is 482. The normalized spacial score (nSPS) is 25.0. The van der Waals surface area contributed by atoms with Crippen LogP contribution in [-0.2, 0) is 5.54 Å². The van der Waals surface area contributed by atoms with Gasteiger partial charge in [-0.3, -0.25) is 0 Å². The van der Waals surface area contributed by atoms with Crippen molar-refractivity contribution in [3.63, 3.8) is 0 Å². The lowest BCUT2D eigenvalue weighted by Gasteiger charge is -2.29. The number of hydrogen-bond donors (Lipinski definition) is 1. The second-order valence-corrected chi connectivity index (χ2v) is 4.65. The molecule has 2 N–H and O–H groups in total. The summed E-state index contributed by atoms with van der Waals surface area (Å²) in [5.74, 6) is -0.336. The lowest BCUT2D eigenvalue weighted by molar-refractivity contribution is 0.506. The molecule has 16 heavy (non-hydrogen) atoms. The topological polar surface area (TPSA) is 26.0 Å². The van der Waals surface area contributed by atoms with E-state index in [1.165, 1.54) is 6.07 Å². The molecular formula is C12H10Cl2FN. The lowest BCUT2D eigenvalue weighted by atomic mass is 9.84. The summed E-state index contributed by atoms with van der Waals surface area (Å²) >= 11 is 11.8. The molecule has 0 heterocycles. The summed E-state index contributed by atoms with van der Waals surface area (Å²) < 4.78 is 13.6. The van der Waals surface area contributed by atoms with Crippen molar-refractivity contribution in [2.75, 3.05) is 0 Å². The highest BCUT2D eigenvalue weighted by Crippen LogP contribution is 2.37. The molecule has 0 amide bonds. The summed E-state index contributed by atoms with van der Waals surface area (Å²) in [7, 11) is 0. The molecule has 1 nitrogen and oxygen atoms in total. The van der Waals surface area contributed by atoms with E-state index >= 15 is 0 Å². The van der Waals surface area contributed by atoms with E-state index in [0.717, 1.165) is 0 Å². The largest absolute Gasteiger partial charge is 0.318 e. The van der Waals surface area contributed by atoms with E-state index in [1.807, 2.05) is 0 Å². The van der Waals surface area contributed by atoms with Crippen LogP contribution in [0.2, 0.25) is 0 Å². The molecule has 0 spiro atoms. The minimum atomic E-state index is -0.916. The average molecular weight is 258 g/mol. The van der Waals surface area contributed by atoms with E-state index in [1.54, 1.807) is 30.4 Å². The van der Waals surface area contributed by atoms with Gasteiger partial charge in [0.15, 0.2) is 0 Å². The van der Waals surface area contributed by atoms with Crippen molar-refractivity contribution in [2.24, 2.45) is 5.73 Å². The molecule has 4 heteroatoms. The first kappa shape index (κ1) is 11.6. The van der Waals surface area contributed by atoms with E-state index in [-0.39, 0.29) is 5.82 Å². The van der Waals surface area contributed by atoms with E-state index in [9.17, 15) is 4.39 Å². The fourth-order valence-corrected chi connectivity index (χ4v) is 2.15. The first-order valence-electron chi connectivity index (χ1n) is 4.80. The molecule has 84 valence electrons.